The van der Waals surface area contributed by atoms with Crippen molar-refractivity contribution in [3.05, 3.63) is 29.0 Å². The molecule has 1 aromatic rings. The average molecular weight is 310 g/mol. The molecule has 5 nitrogen and oxygen atoms in total. The lowest BCUT2D eigenvalue weighted by Gasteiger charge is -2.18. The van der Waals surface area contributed by atoms with E-state index in [2.05, 4.69) is 10.0 Å². The van der Waals surface area contributed by atoms with Crippen LogP contribution in [0.5, 0.6) is 0 Å². The van der Waals surface area contributed by atoms with Gasteiger partial charge in [-0.15, -0.1) is 0 Å². The van der Waals surface area contributed by atoms with Gasteiger partial charge in [0.25, 0.3) is 0 Å². The molecule has 0 bridgehead atoms. The zero-order valence-corrected chi connectivity index (χ0v) is 12.4. The normalized spacial score (nSPS) is 11.8. The Hall–Kier alpha value is -0.890. The molecule has 0 saturated carbocycles. The maximum absolute atomic E-state index is 13.5. The van der Waals surface area contributed by atoms with E-state index in [4.69, 9.17) is 11.6 Å². The zero-order chi connectivity index (χ0) is 14.5. The van der Waals surface area contributed by atoms with Crippen molar-refractivity contribution in [3.63, 3.8) is 0 Å². The number of nitrogens with one attached hydrogen (secondary N) is 2. The smallest absolute Gasteiger partial charge is 0.301 e. The van der Waals surface area contributed by atoms with Gasteiger partial charge in [-0.25, -0.2) is 4.39 Å². The molecule has 8 heteroatoms. The summed E-state index contributed by atoms with van der Waals surface area (Å²) in [7, 11) is -0.533. The van der Waals surface area contributed by atoms with Gasteiger partial charge in [0.15, 0.2) is 0 Å². The Bertz CT molecular complexity index is 525. The highest BCUT2D eigenvalue weighted by Crippen LogP contribution is 2.20. The predicted octanol–water partition coefficient (Wildman–Crippen LogP) is 1.68. The van der Waals surface area contributed by atoms with E-state index in [9.17, 15) is 12.8 Å². The quantitative estimate of drug-likeness (QED) is 0.753. The van der Waals surface area contributed by atoms with E-state index in [1.165, 1.54) is 19.2 Å². The second-order valence-corrected chi connectivity index (χ2v) is 6.22. The lowest BCUT2D eigenvalue weighted by molar-refractivity contribution is 0.462. The van der Waals surface area contributed by atoms with Gasteiger partial charge in [-0.05, 0) is 38.2 Å². The van der Waals surface area contributed by atoms with Crippen LogP contribution in [0.25, 0.3) is 0 Å². The molecule has 0 saturated heterocycles. The molecule has 0 aliphatic heterocycles. The van der Waals surface area contributed by atoms with Gasteiger partial charge < -0.3 is 5.32 Å². The summed E-state index contributed by atoms with van der Waals surface area (Å²) in [5.74, 6) is -0.709. The molecule has 0 aliphatic carbocycles. The number of hydrogen-bond acceptors (Lipinski definition) is 3. The van der Waals surface area contributed by atoms with Crippen LogP contribution in [-0.2, 0) is 10.2 Å². The number of anilines is 1. The van der Waals surface area contributed by atoms with Crippen molar-refractivity contribution in [3.8, 4) is 0 Å². The van der Waals surface area contributed by atoms with Gasteiger partial charge in [-0.3, -0.25) is 4.72 Å². The SMILES string of the molecule is CNCCCN(C)S(=O)(=O)Nc1ccc(Cl)cc1F. The van der Waals surface area contributed by atoms with E-state index in [1.807, 2.05) is 0 Å². The molecule has 0 spiro atoms. The van der Waals surface area contributed by atoms with Crippen molar-refractivity contribution in [1.29, 1.82) is 0 Å². The highest BCUT2D eigenvalue weighted by Gasteiger charge is 2.18. The third-order valence-corrected chi connectivity index (χ3v) is 4.20. The van der Waals surface area contributed by atoms with Gasteiger partial charge in [-0.2, -0.15) is 12.7 Å². The van der Waals surface area contributed by atoms with Crippen LogP contribution in [0.15, 0.2) is 18.2 Å². The maximum atomic E-state index is 13.5. The summed E-state index contributed by atoms with van der Waals surface area (Å²) in [4.78, 5) is 0. The van der Waals surface area contributed by atoms with Crippen molar-refractivity contribution in [2.75, 3.05) is 31.9 Å². The van der Waals surface area contributed by atoms with Gasteiger partial charge in [0, 0.05) is 18.6 Å². The van der Waals surface area contributed by atoms with E-state index in [-0.39, 0.29) is 10.7 Å². The maximum Gasteiger partial charge on any atom is 0.301 e. The first-order chi connectivity index (χ1) is 8.86. The highest BCUT2D eigenvalue weighted by molar-refractivity contribution is 7.90. The predicted molar refractivity (Wildman–Crippen MR) is 75.1 cm³/mol. The lowest BCUT2D eigenvalue weighted by Crippen LogP contribution is -2.34. The summed E-state index contributed by atoms with van der Waals surface area (Å²) in [6, 6.07) is 3.76. The van der Waals surface area contributed by atoms with Crippen molar-refractivity contribution in [2.24, 2.45) is 0 Å². The summed E-state index contributed by atoms with van der Waals surface area (Å²) < 4.78 is 40.7. The fraction of sp³-hybridized carbons (Fsp3) is 0.455. The van der Waals surface area contributed by atoms with Crippen molar-refractivity contribution >= 4 is 27.5 Å². The number of rotatable bonds is 7. The molecule has 0 amide bonds. The van der Waals surface area contributed by atoms with Crippen LogP contribution in [0.2, 0.25) is 5.02 Å². The fourth-order valence-corrected chi connectivity index (χ4v) is 2.52. The molecule has 0 unspecified atom stereocenters. The molecule has 108 valence electrons. The molecule has 0 atom stereocenters. The Morgan fingerprint density at radius 2 is 2.11 bits per heavy atom. The third kappa shape index (κ3) is 4.94. The minimum absolute atomic E-state index is 0.120. The van der Waals surface area contributed by atoms with E-state index in [0.29, 0.717) is 19.5 Å². The summed E-state index contributed by atoms with van der Waals surface area (Å²) >= 11 is 5.60. The first kappa shape index (κ1) is 16.2. The highest BCUT2D eigenvalue weighted by atomic mass is 35.5. The molecule has 1 aromatic carbocycles. The Kier molecular flexibility index (Phi) is 5.99. The van der Waals surface area contributed by atoms with Gasteiger partial charge in [-0.1, -0.05) is 11.6 Å². The molecule has 1 rings (SSSR count). The van der Waals surface area contributed by atoms with Gasteiger partial charge in [0.2, 0.25) is 0 Å². The Balaban J connectivity index is 2.73. The van der Waals surface area contributed by atoms with Gasteiger partial charge >= 0.3 is 10.2 Å². The number of nitrogens with zero attached hydrogens (tertiary/aromatic N) is 1. The first-order valence-electron chi connectivity index (χ1n) is 5.70. The largest absolute Gasteiger partial charge is 0.320 e. The number of benzene rings is 1. The number of hydrogen-bond donors (Lipinski definition) is 2. The molecular formula is C11H17ClFN3O2S. The molecular weight excluding hydrogens is 293 g/mol. The van der Waals surface area contributed by atoms with E-state index in [1.54, 1.807) is 7.05 Å². The summed E-state index contributed by atoms with van der Waals surface area (Å²) in [5, 5.41) is 3.13. The summed E-state index contributed by atoms with van der Waals surface area (Å²) in [6.07, 6.45) is 0.664. The second-order valence-electron chi connectivity index (χ2n) is 4.01. The van der Waals surface area contributed by atoms with E-state index >= 15 is 0 Å². The molecule has 0 fully saturated rings. The van der Waals surface area contributed by atoms with Crippen molar-refractivity contribution in [2.45, 2.75) is 6.42 Å². The zero-order valence-electron chi connectivity index (χ0n) is 10.8. The van der Waals surface area contributed by atoms with Crippen molar-refractivity contribution < 1.29 is 12.8 Å². The monoisotopic (exact) mass is 309 g/mol. The summed E-state index contributed by atoms with van der Waals surface area (Å²) in [5.41, 5.74) is -0.120. The minimum Gasteiger partial charge on any atom is -0.320 e. The van der Waals surface area contributed by atoms with Crippen LogP contribution in [0, 0.1) is 5.82 Å². The Morgan fingerprint density at radius 1 is 1.42 bits per heavy atom. The van der Waals surface area contributed by atoms with Crippen LogP contribution in [-0.4, -0.2) is 39.9 Å². The van der Waals surface area contributed by atoms with Crippen LogP contribution < -0.4 is 10.0 Å². The standard InChI is InChI=1S/C11H17ClFN3O2S/c1-14-6-3-7-16(2)19(17,18)15-11-5-4-9(12)8-10(11)13/h4-5,8,14-15H,3,6-7H2,1-2H3. The van der Waals surface area contributed by atoms with Crippen LogP contribution >= 0.6 is 11.6 Å². The molecule has 0 aliphatic rings. The average Bonchev–Trinajstić information content (AvgIpc) is 2.33. The van der Waals surface area contributed by atoms with Crippen LogP contribution in [0.1, 0.15) is 6.42 Å². The topological polar surface area (TPSA) is 61.4 Å². The molecule has 2 N–H and O–H groups in total. The second kappa shape index (κ2) is 7.04. The third-order valence-electron chi connectivity index (χ3n) is 2.48. The van der Waals surface area contributed by atoms with Gasteiger partial charge in [0.05, 0.1) is 5.69 Å². The Labute approximate surface area is 117 Å². The summed E-state index contributed by atoms with van der Waals surface area (Å²) in [6.45, 7) is 1.04. The first-order valence-corrected chi connectivity index (χ1v) is 7.52. The molecule has 0 aromatic heterocycles. The van der Waals surface area contributed by atoms with Crippen LogP contribution in [0.3, 0.4) is 0 Å². The minimum atomic E-state index is -3.76. The fourth-order valence-electron chi connectivity index (χ4n) is 1.39. The lowest BCUT2D eigenvalue weighted by atomic mass is 10.3. The van der Waals surface area contributed by atoms with Crippen LogP contribution in [0.4, 0.5) is 10.1 Å². The molecule has 0 heterocycles. The van der Waals surface area contributed by atoms with Crippen molar-refractivity contribution in [1.82, 2.24) is 9.62 Å². The van der Waals surface area contributed by atoms with Gasteiger partial charge in [0.1, 0.15) is 5.82 Å². The number of halogens is 2. The van der Waals surface area contributed by atoms with E-state index in [0.717, 1.165) is 10.4 Å². The molecule has 19 heavy (non-hydrogen) atoms. The molecule has 0 radical (unpaired) electrons. The van der Waals surface area contributed by atoms with E-state index < -0.39 is 16.0 Å². The Morgan fingerprint density at radius 3 is 2.68 bits per heavy atom.